The van der Waals surface area contributed by atoms with E-state index in [-0.39, 0.29) is 4.90 Å². The van der Waals surface area contributed by atoms with Crippen LogP contribution in [0.5, 0.6) is 0 Å². The summed E-state index contributed by atoms with van der Waals surface area (Å²) in [5.41, 5.74) is 3.33. The first-order valence-electron chi connectivity index (χ1n) is 9.55. The van der Waals surface area contributed by atoms with Gasteiger partial charge in [0.1, 0.15) is 0 Å². The van der Waals surface area contributed by atoms with Gasteiger partial charge in [-0.3, -0.25) is 4.72 Å². The molecule has 0 saturated carbocycles. The third-order valence-electron chi connectivity index (χ3n) is 5.04. The molecule has 0 bridgehead atoms. The lowest BCUT2D eigenvalue weighted by atomic mass is 10.1. The van der Waals surface area contributed by atoms with Crippen molar-refractivity contribution in [1.29, 1.82) is 0 Å². The third kappa shape index (κ3) is 4.29. The number of rotatable bonds is 9. The van der Waals surface area contributed by atoms with Crippen LogP contribution in [0.1, 0.15) is 25.0 Å². The van der Waals surface area contributed by atoms with E-state index in [9.17, 15) is 8.42 Å². The fraction of sp³-hybridized carbons (Fsp3) is 0.273. The maximum absolute atomic E-state index is 12.9. The number of sulfonamides is 1. The molecule has 0 spiro atoms. The summed E-state index contributed by atoms with van der Waals surface area (Å²) in [6.45, 7) is 11.0. The summed E-state index contributed by atoms with van der Waals surface area (Å²) < 4.78 is 28.4. The van der Waals surface area contributed by atoms with Crippen molar-refractivity contribution in [2.45, 2.75) is 25.2 Å². The first kappa shape index (κ1) is 20.2. The Balaban J connectivity index is 1.87. The van der Waals surface area contributed by atoms with Gasteiger partial charge in [0.25, 0.3) is 10.0 Å². The largest absolute Gasteiger partial charge is 0.361 e. The number of nitrogens with zero attached hydrogens (tertiary/aromatic N) is 1. The summed E-state index contributed by atoms with van der Waals surface area (Å²) >= 11 is 0. The van der Waals surface area contributed by atoms with Crippen LogP contribution in [0.4, 0.5) is 5.69 Å². The molecule has 0 amide bonds. The molecule has 0 radical (unpaired) electrons. The first-order valence-corrected chi connectivity index (χ1v) is 11.0. The molecule has 5 nitrogen and oxygen atoms in total. The first-order chi connectivity index (χ1) is 13.5. The maximum Gasteiger partial charge on any atom is 0.262 e. The van der Waals surface area contributed by atoms with Crippen molar-refractivity contribution in [2.24, 2.45) is 0 Å². The lowest BCUT2D eigenvalue weighted by Crippen LogP contribution is -2.25. The topological polar surface area (TPSA) is 65.2 Å². The Bertz CT molecular complexity index is 1070. The molecule has 0 aliphatic carbocycles. The van der Waals surface area contributed by atoms with Gasteiger partial charge >= 0.3 is 0 Å². The second-order valence-corrected chi connectivity index (χ2v) is 8.35. The van der Waals surface area contributed by atoms with Crippen LogP contribution in [0.2, 0.25) is 0 Å². The Morgan fingerprint density at radius 2 is 1.89 bits per heavy atom. The second kappa shape index (κ2) is 8.63. The number of fused-ring (bicyclic) bond motifs is 1. The monoisotopic (exact) mass is 397 g/mol. The van der Waals surface area contributed by atoms with Gasteiger partial charge in [-0.25, -0.2) is 8.42 Å². The highest BCUT2D eigenvalue weighted by Gasteiger charge is 2.17. The van der Waals surface area contributed by atoms with Crippen molar-refractivity contribution in [3.05, 3.63) is 66.4 Å². The van der Waals surface area contributed by atoms with E-state index in [0.29, 0.717) is 11.3 Å². The predicted octanol–water partition coefficient (Wildman–Crippen LogP) is 4.50. The zero-order valence-electron chi connectivity index (χ0n) is 16.4. The summed E-state index contributed by atoms with van der Waals surface area (Å²) in [6, 6.07) is 12.4. The molecule has 3 aromatic rings. The lowest BCUT2D eigenvalue weighted by Gasteiger charge is -2.17. The predicted molar refractivity (Wildman–Crippen MR) is 117 cm³/mol. The van der Waals surface area contributed by atoms with E-state index < -0.39 is 10.0 Å². The second-order valence-electron chi connectivity index (χ2n) is 6.70. The van der Waals surface area contributed by atoms with E-state index in [1.807, 2.05) is 18.3 Å². The number of hydrogen-bond donors (Lipinski definition) is 2. The van der Waals surface area contributed by atoms with Crippen LogP contribution in [0.15, 0.2) is 60.1 Å². The molecule has 0 aliphatic heterocycles. The molecule has 0 fully saturated rings. The zero-order chi connectivity index (χ0) is 20.1. The van der Waals surface area contributed by atoms with Gasteiger partial charge in [-0.05, 0) is 54.9 Å². The van der Waals surface area contributed by atoms with Crippen molar-refractivity contribution in [3.8, 4) is 0 Å². The van der Waals surface area contributed by atoms with Gasteiger partial charge in [0, 0.05) is 29.3 Å². The minimum atomic E-state index is -3.69. The molecular formula is C22H27N3O2S. The molecule has 2 aromatic carbocycles. The number of benzene rings is 2. The van der Waals surface area contributed by atoms with E-state index in [0.717, 1.165) is 37.0 Å². The molecule has 148 valence electrons. The van der Waals surface area contributed by atoms with Crippen molar-refractivity contribution >= 4 is 32.7 Å². The van der Waals surface area contributed by atoms with Crippen LogP contribution in [-0.2, 0) is 16.4 Å². The van der Waals surface area contributed by atoms with Gasteiger partial charge < -0.3 is 9.88 Å². The molecule has 0 unspecified atom stereocenters. The van der Waals surface area contributed by atoms with Crippen LogP contribution in [0, 0.1) is 0 Å². The fourth-order valence-electron chi connectivity index (χ4n) is 3.37. The summed E-state index contributed by atoms with van der Waals surface area (Å²) in [5, 5.41) is 1.05. The highest BCUT2D eigenvalue weighted by atomic mass is 32.2. The Morgan fingerprint density at radius 1 is 1.14 bits per heavy atom. The average Bonchev–Trinajstić information content (AvgIpc) is 3.10. The zero-order valence-corrected chi connectivity index (χ0v) is 17.2. The molecule has 0 aliphatic rings. The minimum absolute atomic E-state index is 0.223. The van der Waals surface area contributed by atoms with Gasteiger partial charge in [0.15, 0.2) is 0 Å². The molecule has 0 saturated heterocycles. The highest BCUT2D eigenvalue weighted by molar-refractivity contribution is 7.92. The Labute approximate surface area is 167 Å². The Morgan fingerprint density at radius 3 is 2.61 bits per heavy atom. The smallest absolute Gasteiger partial charge is 0.262 e. The number of likely N-dealkylation sites (N-methyl/N-ethyl adjacent to an activating group) is 1. The molecule has 3 rings (SSSR count). The molecule has 28 heavy (non-hydrogen) atoms. The van der Waals surface area contributed by atoms with Gasteiger partial charge in [-0.15, -0.1) is 0 Å². The Hall–Kier alpha value is -2.57. The average molecular weight is 398 g/mol. The summed E-state index contributed by atoms with van der Waals surface area (Å²) in [4.78, 5) is 5.87. The number of H-pyrrole nitrogens is 1. The van der Waals surface area contributed by atoms with Gasteiger partial charge in [0.2, 0.25) is 0 Å². The number of anilines is 1. The Kier molecular flexibility index (Phi) is 6.21. The summed E-state index contributed by atoms with van der Waals surface area (Å²) in [6.07, 6.45) is 4.48. The van der Waals surface area contributed by atoms with Gasteiger partial charge in [-0.2, -0.15) is 0 Å². The molecule has 0 atom stereocenters. The number of aromatic amines is 1. The SMILES string of the molecule is C=Cc1ccccc1S(=O)(=O)Nc1ccc2[nH]cc(CCN(CC)CC)c2c1. The maximum atomic E-state index is 12.9. The van der Waals surface area contributed by atoms with Crippen molar-refractivity contribution in [2.75, 3.05) is 24.4 Å². The van der Waals surface area contributed by atoms with Crippen molar-refractivity contribution in [1.82, 2.24) is 9.88 Å². The van der Waals surface area contributed by atoms with Crippen molar-refractivity contribution in [3.63, 3.8) is 0 Å². The van der Waals surface area contributed by atoms with Crippen LogP contribution < -0.4 is 4.72 Å². The number of nitrogens with one attached hydrogen (secondary N) is 2. The van der Waals surface area contributed by atoms with E-state index >= 15 is 0 Å². The number of hydrogen-bond acceptors (Lipinski definition) is 3. The molecule has 6 heteroatoms. The van der Waals surface area contributed by atoms with Gasteiger partial charge in [0.05, 0.1) is 4.90 Å². The van der Waals surface area contributed by atoms with Crippen LogP contribution in [-0.4, -0.2) is 37.9 Å². The molecule has 1 aromatic heterocycles. The number of aromatic nitrogens is 1. The minimum Gasteiger partial charge on any atom is -0.361 e. The van der Waals surface area contributed by atoms with E-state index in [1.165, 1.54) is 5.56 Å². The standard InChI is InChI=1S/C22H27N3O2S/c1-4-17-9-7-8-10-22(17)28(26,27)24-19-11-12-21-20(15-19)18(16-23-21)13-14-25(5-2)6-3/h4,7-12,15-16,23-24H,1,5-6,13-14H2,2-3H3. The molecule has 1 heterocycles. The lowest BCUT2D eigenvalue weighted by molar-refractivity contribution is 0.308. The van der Waals surface area contributed by atoms with Crippen LogP contribution in [0.3, 0.4) is 0 Å². The van der Waals surface area contributed by atoms with Crippen LogP contribution >= 0.6 is 0 Å². The third-order valence-corrected chi connectivity index (χ3v) is 6.50. The van der Waals surface area contributed by atoms with Crippen LogP contribution in [0.25, 0.3) is 17.0 Å². The van der Waals surface area contributed by atoms with E-state index in [4.69, 9.17) is 0 Å². The van der Waals surface area contributed by atoms with Gasteiger partial charge in [-0.1, -0.05) is 44.7 Å². The molecular weight excluding hydrogens is 370 g/mol. The highest BCUT2D eigenvalue weighted by Crippen LogP contribution is 2.26. The summed E-state index contributed by atoms with van der Waals surface area (Å²) in [5.74, 6) is 0. The fourth-order valence-corrected chi connectivity index (χ4v) is 4.64. The van der Waals surface area contributed by atoms with Crippen molar-refractivity contribution < 1.29 is 8.42 Å². The van der Waals surface area contributed by atoms with E-state index in [2.05, 4.69) is 35.0 Å². The summed E-state index contributed by atoms with van der Waals surface area (Å²) in [7, 11) is -3.69. The van der Waals surface area contributed by atoms with E-state index in [1.54, 1.807) is 36.4 Å². The molecule has 2 N–H and O–H groups in total. The normalized spacial score (nSPS) is 11.8. The quantitative estimate of drug-likeness (QED) is 0.559.